The first-order chi connectivity index (χ1) is 15.1. The normalized spacial score (nSPS) is 10.6. The number of aromatic nitrogens is 2. The number of para-hydroxylation sites is 1. The summed E-state index contributed by atoms with van der Waals surface area (Å²) in [7, 11) is 0. The van der Waals surface area contributed by atoms with Gasteiger partial charge in [-0.1, -0.05) is 59.9 Å². The van der Waals surface area contributed by atoms with E-state index in [2.05, 4.69) is 10.3 Å². The molecule has 156 valence electrons. The first-order valence-corrected chi connectivity index (χ1v) is 10.6. The summed E-state index contributed by atoms with van der Waals surface area (Å²) in [5.74, 6) is 0.541. The third-order valence-electron chi connectivity index (χ3n) is 4.63. The van der Waals surface area contributed by atoms with Crippen molar-refractivity contribution in [3.05, 3.63) is 111 Å². The van der Waals surface area contributed by atoms with Crippen molar-refractivity contribution in [2.75, 3.05) is 0 Å². The van der Waals surface area contributed by atoms with Crippen molar-refractivity contribution in [1.29, 1.82) is 0 Å². The highest BCUT2D eigenvalue weighted by Gasteiger charge is 2.17. The van der Waals surface area contributed by atoms with E-state index in [0.29, 0.717) is 28.9 Å². The number of thiazole rings is 1. The number of carbonyl (C=O) groups excluding carboxylic acids is 1. The van der Waals surface area contributed by atoms with Crippen molar-refractivity contribution in [1.82, 2.24) is 14.9 Å². The van der Waals surface area contributed by atoms with Gasteiger partial charge in [0.25, 0.3) is 11.5 Å². The number of amides is 1. The Morgan fingerprint density at radius 3 is 2.45 bits per heavy atom. The smallest absolute Gasteiger partial charge is 0.263 e. The van der Waals surface area contributed by atoms with Gasteiger partial charge in [0, 0.05) is 18.8 Å². The van der Waals surface area contributed by atoms with E-state index < -0.39 is 0 Å². The second-order valence-electron chi connectivity index (χ2n) is 6.92. The summed E-state index contributed by atoms with van der Waals surface area (Å²) in [5, 5.41) is 3.37. The molecule has 2 aromatic carbocycles. The summed E-state index contributed by atoms with van der Waals surface area (Å²) < 4.78 is 7.14. The topological polar surface area (TPSA) is 73.2 Å². The van der Waals surface area contributed by atoms with Crippen LogP contribution in [0.3, 0.4) is 0 Å². The van der Waals surface area contributed by atoms with Crippen LogP contribution in [-0.4, -0.2) is 15.5 Å². The fourth-order valence-electron chi connectivity index (χ4n) is 3.01. The number of nitrogens with zero attached hydrogens (tertiary/aromatic N) is 2. The van der Waals surface area contributed by atoms with Gasteiger partial charge in [-0.25, -0.2) is 4.98 Å². The second kappa shape index (κ2) is 9.40. The molecule has 1 N–H and O–H groups in total. The number of carbonyl (C=O) groups is 1. The van der Waals surface area contributed by atoms with Crippen molar-refractivity contribution in [3.63, 3.8) is 0 Å². The van der Waals surface area contributed by atoms with Gasteiger partial charge in [0.1, 0.15) is 17.2 Å². The molecule has 4 rings (SSSR count). The highest BCUT2D eigenvalue weighted by molar-refractivity contribution is 7.16. The Morgan fingerprint density at radius 2 is 1.74 bits per heavy atom. The molecule has 0 spiro atoms. The molecule has 0 saturated carbocycles. The Hall–Kier alpha value is -3.71. The maximum atomic E-state index is 12.6. The number of hydrogen-bond donors (Lipinski definition) is 1. The molecule has 7 heteroatoms. The van der Waals surface area contributed by atoms with Crippen LogP contribution in [0.5, 0.6) is 5.75 Å². The van der Waals surface area contributed by atoms with E-state index in [1.54, 1.807) is 13.1 Å². The van der Waals surface area contributed by atoms with Crippen LogP contribution in [0.25, 0.3) is 5.13 Å². The molecule has 31 heavy (non-hydrogen) atoms. The lowest BCUT2D eigenvalue weighted by Crippen LogP contribution is -2.22. The minimum atomic E-state index is -0.223. The molecule has 0 aliphatic carbocycles. The Balaban J connectivity index is 1.46. The van der Waals surface area contributed by atoms with Crippen LogP contribution in [0.4, 0.5) is 0 Å². The summed E-state index contributed by atoms with van der Waals surface area (Å²) in [6.45, 7) is 2.50. The average molecular weight is 432 g/mol. The number of rotatable bonds is 7. The SMILES string of the molecule is Cc1nc(-n2ccc(COc3ccccc3)cc2=O)sc1C(=O)NCc1ccccc1. The van der Waals surface area contributed by atoms with Crippen LogP contribution in [-0.2, 0) is 13.2 Å². The summed E-state index contributed by atoms with van der Waals surface area (Å²) in [6, 6.07) is 22.5. The van der Waals surface area contributed by atoms with Gasteiger partial charge in [0.05, 0.1) is 5.69 Å². The Bertz CT molecular complexity index is 1230. The molecule has 0 aliphatic rings. The number of aryl methyl sites for hydroxylation is 1. The molecular weight excluding hydrogens is 410 g/mol. The van der Waals surface area contributed by atoms with Gasteiger partial charge in [-0.15, -0.1) is 0 Å². The van der Waals surface area contributed by atoms with E-state index in [1.165, 1.54) is 22.0 Å². The standard InChI is InChI=1S/C24H21N3O3S/c1-17-22(23(29)25-15-18-8-4-2-5-9-18)31-24(26-17)27-13-12-19(14-21(27)28)16-30-20-10-6-3-7-11-20/h2-14H,15-16H2,1H3,(H,25,29). The zero-order valence-corrected chi connectivity index (χ0v) is 17.8. The van der Waals surface area contributed by atoms with Gasteiger partial charge in [-0.3, -0.25) is 14.2 Å². The molecule has 1 amide bonds. The van der Waals surface area contributed by atoms with Gasteiger partial charge in [0.15, 0.2) is 5.13 Å². The molecule has 0 bridgehead atoms. The first kappa shape index (κ1) is 20.6. The van der Waals surface area contributed by atoms with Gasteiger partial charge in [0.2, 0.25) is 0 Å². The monoisotopic (exact) mass is 431 g/mol. The largest absolute Gasteiger partial charge is 0.489 e. The molecule has 0 atom stereocenters. The lowest BCUT2D eigenvalue weighted by molar-refractivity contribution is 0.0954. The lowest BCUT2D eigenvalue weighted by Gasteiger charge is -2.07. The van der Waals surface area contributed by atoms with E-state index in [1.807, 2.05) is 66.7 Å². The molecule has 4 aromatic rings. The number of ether oxygens (including phenoxy) is 1. The van der Waals surface area contributed by atoms with Gasteiger partial charge < -0.3 is 10.1 Å². The summed E-state index contributed by atoms with van der Waals surface area (Å²) >= 11 is 1.19. The first-order valence-electron chi connectivity index (χ1n) is 9.79. The Morgan fingerprint density at radius 1 is 1.03 bits per heavy atom. The van der Waals surface area contributed by atoms with E-state index in [-0.39, 0.29) is 11.5 Å². The molecule has 0 unspecified atom stereocenters. The highest BCUT2D eigenvalue weighted by Crippen LogP contribution is 2.21. The van der Waals surface area contributed by atoms with E-state index in [4.69, 9.17) is 4.74 Å². The van der Waals surface area contributed by atoms with Gasteiger partial charge in [-0.2, -0.15) is 0 Å². The summed E-state index contributed by atoms with van der Waals surface area (Å²) in [4.78, 5) is 30.1. The van der Waals surface area contributed by atoms with Crippen molar-refractivity contribution in [3.8, 4) is 10.9 Å². The molecule has 0 radical (unpaired) electrons. The minimum absolute atomic E-state index is 0.203. The van der Waals surface area contributed by atoms with Gasteiger partial charge >= 0.3 is 0 Å². The number of nitrogens with one attached hydrogen (secondary N) is 1. The maximum absolute atomic E-state index is 12.6. The molecular formula is C24H21N3O3S. The fourth-order valence-corrected chi connectivity index (χ4v) is 3.98. The molecule has 2 aromatic heterocycles. The number of benzene rings is 2. The third kappa shape index (κ3) is 5.07. The van der Waals surface area contributed by atoms with E-state index in [9.17, 15) is 9.59 Å². The van der Waals surface area contributed by atoms with Crippen LogP contribution < -0.4 is 15.6 Å². The maximum Gasteiger partial charge on any atom is 0.263 e. The molecule has 0 fully saturated rings. The average Bonchev–Trinajstić information content (AvgIpc) is 3.19. The minimum Gasteiger partial charge on any atom is -0.489 e. The number of hydrogen-bond acceptors (Lipinski definition) is 5. The molecule has 2 heterocycles. The van der Waals surface area contributed by atoms with Gasteiger partial charge in [-0.05, 0) is 36.2 Å². The van der Waals surface area contributed by atoms with Crippen LogP contribution in [0.1, 0.15) is 26.5 Å². The van der Waals surface area contributed by atoms with Crippen LogP contribution in [0, 0.1) is 6.92 Å². The second-order valence-corrected chi connectivity index (χ2v) is 7.90. The predicted molar refractivity (Wildman–Crippen MR) is 121 cm³/mol. The summed E-state index contributed by atoms with van der Waals surface area (Å²) in [5.41, 5.74) is 2.15. The van der Waals surface area contributed by atoms with E-state index >= 15 is 0 Å². The van der Waals surface area contributed by atoms with Crippen molar-refractivity contribution in [2.24, 2.45) is 0 Å². The van der Waals surface area contributed by atoms with Crippen molar-refractivity contribution >= 4 is 17.2 Å². The summed E-state index contributed by atoms with van der Waals surface area (Å²) in [6.07, 6.45) is 1.66. The molecule has 0 aliphatic heterocycles. The molecule has 6 nitrogen and oxygen atoms in total. The highest BCUT2D eigenvalue weighted by atomic mass is 32.1. The quantitative estimate of drug-likeness (QED) is 0.478. The molecule has 0 saturated heterocycles. The Labute approximate surface area is 183 Å². The van der Waals surface area contributed by atoms with Crippen LogP contribution >= 0.6 is 11.3 Å². The van der Waals surface area contributed by atoms with Crippen LogP contribution in [0.2, 0.25) is 0 Å². The van der Waals surface area contributed by atoms with E-state index in [0.717, 1.165) is 16.9 Å². The van der Waals surface area contributed by atoms with Crippen molar-refractivity contribution in [2.45, 2.75) is 20.1 Å². The third-order valence-corrected chi connectivity index (χ3v) is 5.78. The predicted octanol–water partition coefficient (Wildman–Crippen LogP) is 4.11. The fraction of sp³-hybridized carbons (Fsp3) is 0.125. The van der Waals surface area contributed by atoms with Crippen molar-refractivity contribution < 1.29 is 9.53 Å². The zero-order chi connectivity index (χ0) is 21.6. The Kier molecular flexibility index (Phi) is 6.24. The zero-order valence-electron chi connectivity index (χ0n) is 16.9. The lowest BCUT2D eigenvalue weighted by atomic mass is 10.2. The number of pyridine rings is 1. The van der Waals surface area contributed by atoms with Crippen LogP contribution in [0.15, 0.2) is 83.8 Å².